The molecule has 2 heterocycles. The predicted octanol–water partition coefficient (Wildman–Crippen LogP) is 2.46. The number of nitrogens with one attached hydrogen (secondary N) is 2. The first kappa shape index (κ1) is 16.3. The summed E-state index contributed by atoms with van der Waals surface area (Å²) in [4.78, 5) is 24.8. The number of aromatic nitrogens is 2. The van der Waals surface area contributed by atoms with E-state index in [-0.39, 0.29) is 24.3 Å². The molecule has 0 aromatic carbocycles. The monoisotopic (exact) mass is 330 g/mol. The van der Waals surface area contributed by atoms with E-state index in [0.717, 1.165) is 25.7 Å². The second-order valence-corrected chi connectivity index (χ2v) is 6.12. The number of carbonyl (C=O) groups excluding carboxylic acids is 2. The van der Waals surface area contributed by atoms with Crippen molar-refractivity contribution in [2.75, 3.05) is 5.32 Å². The van der Waals surface area contributed by atoms with E-state index in [0.29, 0.717) is 17.1 Å². The standard InChI is InChI=1S/C17H22N4O3/c1-21-15(17(23)18-10-13-8-5-9-24-13)14(11-19-21)20-16(22)12-6-3-2-4-7-12/h5,8-9,11-12H,2-4,6-7,10H2,1H3,(H,18,23)(H,20,22). The van der Waals surface area contributed by atoms with Gasteiger partial charge in [0.1, 0.15) is 11.5 Å². The van der Waals surface area contributed by atoms with E-state index in [1.54, 1.807) is 25.4 Å². The summed E-state index contributed by atoms with van der Waals surface area (Å²) in [5.74, 6) is 0.365. The van der Waals surface area contributed by atoms with Gasteiger partial charge in [0.2, 0.25) is 5.91 Å². The van der Waals surface area contributed by atoms with Crippen LogP contribution in [0.2, 0.25) is 0 Å². The Morgan fingerprint density at radius 3 is 2.83 bits per heavy atom. The van der Waals surface area contributed by atoms with Gasteiger partial charge in [0.05, 0.1) is 24.7 Å². The minimum atomic E-state index is -0.301. The van der Waals surface area contributed by atoms with Gasteiger partial charge in [-0.05, 0) is 25.0 Å². The van der Waals surface area contributed by atoms with E-state index >= 15 is 0 Å². The van der Waals surface area contributed by atoms with Crippen molar-refractivity contribution in [2.45, 2.75) is 38.6 Å². The number of amides is 2. The quantitative estimate of drug-likeness (QED) is 0.881. The molecule has 1 fully saturated rings. The van der Waals surface area contributed by atoms with Crippen LogP contribution in [0.25, 0.3) is 0 Å². The number of aryl methyl sites for hydroxylation is 1. The fourth-order valence-electron chi connectivity index (χ4n) is 3.06. The molecule has 0 radical (unpaired) electrons. The van der Waals surface area contributed by atoms with Gasteiger partial charge in [0.25, 0.3) is 5.91 Å². The molecule has 128 valence electrons. The average molecular weight is 330 g/mol. The van der Waals surface area contributed by atoms with E-state index in [9.17, 15) is 9.59 Å². The van der Waals surface area contributed by atoms with E-state index in [1.165, 1.54) is 17.3 Å². The fourth-order valence-corrected chi connectivity index (χ4v) is 3.06. The Morgan fingerprint density at radius 1 is 1.33 bits per heavy atom. The fraction of sp³-hybridized carbons (Fsp3) is 0.471. The summed E-state index contributed by atoms with van der Waals surface area (Å²) >= 11 is 0. The Bertz CT molecular complexity index is 699. The first-order valence-electron chi connectivity index (χ1n) is 8.28. The normalized spacial score (nSPS) is 15.2. The van der Waals surface area contributed by atoms with Crippen LogP contribution in [0.15, 0.2) is 29.0 Å². The molecule has 2 amide bonds. The average Bonchev–Trinajstić information content (AvgIpc) is 3.23. The number of anilines is 1. The van der Waals surface area contributed by atoms with Crippen LogP contribution in [0.5, 0.6) is 0 Å². The molecule has 0 unspecified atom stereocenters. The van der Waals surface area contributed by atoms with Gasteiger partial charge in [-0.3, -0.25) is 14.3 Å². The van der Waals surface area contributed by atoms with Gasteiger partial charge in [0, 0.05) is 13.0 Å². The van der Waals surface area contributed by atoms with Gasteiger partial charge >= 0.3 is 0 Å². The van der Waals surface area contributed by atoms with E-state index in [4.69, 9.17) is 4.42 Å². The number of hydrogen-bond donors (Lipinski definition) is 2. The van der Waals surface area contributed by atoms with Crippen molar-refractivity contribution in [1.82, 2.24) is 15.1 Å². The highest BCUT2D eigenvalue weighted by Gasteiger charge is 2.24. The predicted molar refractivity (Wildman–Crippen MR) is 88.3 cm³/mol. The molecule has 2 N–H and O–H groups in total. The molecular weight excluding hydrogens is 308 g/mol. The number of nitrogens with zero attached hydrogens (tertiary/aromatic N) is 2. The highest BCUT2D eigenvalue weighted by Crippen LogP contribution is 2.25. The Balaban J connectivity index is 1.66. The van der Waals surface area contributed by atoms with Crippen LogP contribution in [0.3, 0.4) is 0 Å². The Hall–Kier alpha value is -2.57. The minimum absolute atomic E-state index is 0.0252. The van der Waals surface area contributed by atoms with Crippen molar-refractivity contribution in [2.24, 2.45) is 13.0 Å². The van der Waals surface area contributed by atoms with Gasteiger partial charge in [-0.2, -0.15) is 5.10 Å². The highest BCUT2D eigenvalue weighted by molar-refractivity contribution is 6.02. The molecule has 7 heteroatoms. The maximum absolute atomic E-state index is 12.4. The Labute approximate surface area is 140 Å². The summed E-state index contributed by atoms with van der Waals surface area (Å²) in [6.45, 7) is 0.285. The molecule has 2 aromatic heterocycles. The molecule has 1 saturated carbocycles. The third-order valence-electron chi connectivity index (χ3n) is 4.39. The van der Waals surface area contributed by atoms with Crippen molar-refractivity contribution >= 4 is 17.5 Å². The summed E-state index contributed by atoms with van der Waals surface area (Å²) in [5.41, 5.74) is 0.788. The molecule has 1 aliphatic carbocycles. The Morgan fingerprint density at radius 2 is 2.12 bits per heavy atom. The third-order valence-corrected chi connectivity index (χ3v) is 4.39. The zero-order chi connectivity index (χ0) is 16.9. The zero-order valence-corrected chi connectivity index (χ0v) is 13.7. The lowest BCUT2D eigenvalue weighted by atomic mass is 9.88. The van der Waals surface area contributed by atoms with Crippen LogP contribution in [0.1, 0.15) is 48.4 Å². The van der Waals surface area contributed by atoms with Gasteiger partial charge in [-0.15, -0.1) is 0 Å². The molecule has 2 aromatic rings. The number of carbonyl (C=O) groups is 2. The molecular formula is C17H22N4O3. The first-order chi connectivity index (χ1) is 11.6. The van der Waals surface area contributed by atoms with Crippen molar-refractivity contribution in [1.29, 1.82) is 0 Å². The van der Waals surface area contributed by atoms with Crippen molar-refractivity contribution in [3.63, 3.8) is 0 Å². The van der Waals surface area contributed by atoms with E-state index < -0.39 is 0 Å². The van der Waals surface area contributed by atoms with Crippen LogP contribution in [-0.4, -0.2) is 21.6 Å². The smallest absolute Gasteiger partial charge is 0.272 e. The van der Waals surface area contributed by atoms with Crippen molar-refractivity contribution < 1.29 is 14.0 Å². The molecule has 3 rings (SSSR count). The molecule has 0 atom stereocenters. The second kappa shape index (κ2) is 7.33. The number of furan rings is 1. The molecule has 7 nitrogen and oxygen atoms in total. The van der Waals surface area contributed by atoms with Crippen molar-refractivity contribution in [3.8, 4) is 0 Å². The van der Waals surface area contributed by atoms with Crippen LogP contribution >= 0.6 is 0 Å². The van der Waals surface area contributed by atoms with Crippen LogP contribution in [-0.2, 0) is 18.4 Å². The third kappa shape index (κ3) is 3.67. The van der Waals surface area contributed by atoms with Crippen LogP contribution < -0.4 is 10.6 Å². The SMILES string of the molecule is Cn1ncc(NC(=O)C2CCCCC2)c1C(=O)NCc1ccco1. The molecule has 0 aliphatic heterocycles. The molecule has 0 spiro atoms. The first-order valence-corrected chi connectivity index (χ1v) is 8.28. The summed E-state index contributed by atoms with van der Waals surface area (Å²) < 4.78 is 6.66. The van der Waals surface area contributed by atoms with E-state index in [1.807, 2.05) is 0 Å². The maximum Gasteiger partial charge on any atom is 0.272 e. The van der Waals surface area contributed by atoms with Gasteiger partial charge < -0.3 is 15.1 Å². The van der Waals surface area contributed by atoms with Crippen LogP contribution in [0.4, 0.5) is 5.69 Å². The Kier molecular flexibility index (Phi) is 4.98. The number of hydrogen-bond acceptors (Lipinski definition) is 4. The van der Waals surface area contributed by atoms with E-state index in [2.05, 4.69) is 15.7 Å². The molecule has 0 bridgehead atoms. The lowest BCUT2D eigenvalue weighted by Gasteiger charge is -2.20. The van der Waals surface area contributed by atoms with Crippen molar-refractivity contribution in [3.05, 3.63) is 36.0 Å². The maximum atomic E-state index is 12.4. The highest BCUT2D eigenvalue weighted by atomic mass is 16.3. The van der Waals surface area contributed by atoms with Gasteiger partial charge in [0.15, 0.2) is 0 Å². The minimum Gasteiger partial charge on any atom is -0.467 e. The summed E-state index contributed by atoms with van der Waals surface area (Å²) in [6.07, 6.45) is 8.25. The topological polar surface area (TPSA) is 89.2 Å². The largest absolute Gasteiger partial charge is 0.467 e. The summed E-state index contributed by atoms with van der Waals surface area (Å²) in [6, 6.07) is 3.55. The number of rotatable bonds is 5. The van der Waals surface area contributed by atoms with Gasteiger partial charge in [-0.1, -0.05) is 19.3 Å². The lowest BCUT2D eigenvalue weighted by molar-refractivity contribution is -0.120. The molecule has 1 aliphatic rings. The van der Waals surface area contributed by atoms with Gasteiger partial charge in [-0.25, -0.2) is 0 Å². The zero-order valence-electron chi connectivity index (χ0n) is 13.7. The lowest BCUT2D eigenvalue weighted by Crippen LogP contribution is -2.28. The summed E-state index contributed by atoms with van der Waals surface area (Å²) in [7, 11) is 1.68. The van der Waals surface area contributed by atoms with Crippen LogP contribution in [0, 0.1) is 5.92 Å². The molecule has 24 heavy (non-hydrogen) atoms. The second-order valence-electron chi connectivity index (χ2n) is 6.12. The summed E-state index contributed by atoms with van der Waals surface area (Å²) in [5, 5.41) is 9.74. The molecule has 0 saturated heterocycles.